The van der Waals surface area contributed by atoms with Crippen molar-refractivity contribution < 1.29 is 4.79 Å². The Morgan fingerprint density at radius 1 is 1.40 bits per heavy atom. The number of benzene rings is 1. The number of aromatic amines is 1. The molecular weight excluding hydrogens is 314 g/mol. The number of H-pyrrole nitrogens is 1. The van der Waals surface area contributed by atoms with Gasteiger partial charge in [0.1, 0.15) is 5.82 Å². The molecule has 1 aliphatic heterocycles. The van der Waals surface area contributed by atoms with E-state index in [1.165, 1.54) is 0 Å². The lowest BCUT2D eigenvalue weighted by molar-refractivity contribution is 0.160. The molecule has 25 heavy (non-hydrogen) atoms. The van der Waals surface area contributed by atoms with Crippen LogP contribution in [-0.2, 0) is 0 Å². The Labute approximate surface area is 149 Å². The van der Waals surface area contributed by atoms with E-state index < -0.39 is 0 Å². The molecule has 2 heterocycles. The number of anilines is 2. The smallest absolute Gasteiger partial charge is 0.322 e. The number of carbonyl (C=O) groups excluding carboxylic acids is 1. The van der Waals surface area contributed by atoms with Crippen molar-refractivity contribution in [3.63, 3.8) is 0 Å². The van der Waals surface area contributed by atoms with Crippen LogP contribution in [0.5, 0.6) is 0 Å². The van der Waals surface area contributed by atoms with Crippen molar-refractivity contribution in [1.29, 1.82) is 0 Å². The van der Waals surface area contributed by atoms with E-state index in [1.54, 1.807) is 6.20 Å². The van der Waals surface area contributed by atoms with Crippen molar-refractivity contribution in [3.8, 4) is 0 Å². The fraction of sp³-hybridized carbons (Fsp3) is 0.474. The Morgan fingerprint density at radius 3 is 2.96 bits per heavy atom. The van der Waals surface area contributed by atoms with Gasteiger partial charge < -0.3 is 20.1 Å². The minimum atomic E-state index is -0.0644. The van der Waals surface area contributed by atoms with Crippen LogP contribution in [0.3, 0.4) is 0 Å². The van der Waals surface area contributed by atoms with Crippen molar-refractivity contribution in [2.75, 3.05) is 23.8 Å². The second-order valence-electron chi connectivity index (χ2n) is 6.86. The molecule has 1 atom stereocenters. The molecule has 6 nitrogen and oxygen atoms in total. The summed E-state index contributed by atoms with van der Waals surface area (Å²) in [6.45, 7) is 5.04. The molecule has 2 aromatic rings. The molecule has 134 valence electrons. The van der Waals surface area contributed by atoms with Gasteiger partial charge in [0.25, 0.3) is 0 Å². The van der Waals surface area contributed by atoms with E-state index in [1.807, 2.05) is 29.3 Å². The van der Waals surface area contributed by atoms with Gasteiger partial charge in [-0.1, -0.05) is 6.07 Å². The summed E-state index contributed by atoms with van der Waals surface area (Å²) in [6, 6.07) is 8.34. The van der Waals surface area contributed by atoms with E-state index in [9.17, 15) is 4.79 Å². The fourth-order valence-corrected chi connectivity index (χ4v) is 3.22. The molecule has 0 radical (unpaired) electrons. The lowest BCUT2D eigenvalue weighted by Gasteiger charge is -2.34. The van der Waals surface area contributed by atoms with E-state index in [-0.39, 0.29) is 12.1 Å². The Bertz CT molecular complexity index is 698. The number of imidazole rings is 1. The Morgan fingerprint density at radius 2 is 2.24 bits per heavy atom. The van der Waals surface area contributed by atoms with Gasteiger partial charge in [-0.15, -0.1) is 0 Å². The molecule has 0 spiro atoms. The van der Waals surface area contributed by atoms with Crippen molar-refractivity contribution in [3.05, 3.63) is 42.5 Å². The SMILES string of the molecule is CC(C)N(C)c1cccc(NC(=O)N2CCCCC2c2ncc[nH]2)c1. The van der Waals surface area contributed by atoms with Crippen molar-refractivity contribution in [2.45, 2.75) is 45.2 Å². The summed E-state index contributed by atoms with van der Waals surface area (Å²) in [6.07, 6.45) is 6.64. The van der Waals surface area contributed by atoms with Crippen molar-refractivity contribution >= 4 is 17.4 Å². The normalized spacial score (nSPS) is 17.6. The zero-order valence-electron chi connectivity index (χ0n) is 15.2. The first-order valence-corrected chi connectivity index (χ1v) is 8.96. The molecule has 1 fully saturated rings. The molecule has 0 saturated carbocycles. The van der Waals surface area contributed by atoms with Crippen LogP contribution in [0.15, 0.2) is 36.7 Å². The van der Waals surface area contributed by atoms with Crippen molar-refractivity contribution in [2.24, 2.45) is 0 Å². The zero-order chi connectivity index (χ0) is 17.8. The third-order valence-corrected chi connectivity index (χ3v) is 4.88. The molecule has 2 N–H and O–H groups in total. The maximum absolute atomic E-state index is 12.8. The Hall–Kier alpha value is -2.50. The summed E-state index contributed by atoms with van der Waals surface area (Å²) in [7, 11) is 2.06. The molecule has 1 aromatic carbocycles. The predicted octanol–water partition coefficient (Wildman–Crippen LogP) is 4.01. The third kappa shape index (κ3) is 3.95. The predicted molar refractivity (Wildman–Crippen MR) is 101 cm³/mol. The van der Waals surface area contributed by atoms with E-state index in [4.69, 9.17) is 0 Å². The lowest BCUT2D eigenvalue weighted by Crippen LogP contribution is -2.41. The highest BCUT2D eigenvalue weighted by Crippen LogP contribution is 2.29. The van der Waals surface area contributed by atoms with E-state index in [0.717, 1.165) is 43.0 Å². The second-order valence-corrected chi connectivity index (χ2v) is 6.86. The van der Waals surface area contributed by atoms with Crippen LogP contribution >= 0.6 is 0 Å². The largest absolute Gasteiger partial charge is 0.372 e. The van der Waals surface area contributed by atoms with Gasteiger partial charge in [0, 0.05) is 43.4 Å². The number of carbonyl (C=O) groups is 1. The van der Waals surface area contributed by atoms with Crippen LogP contribution in [0.2, 0.25) is 0 Å². The van der Waals surface area contributed by atoms with Gasteiger partial charge in [0.15, 0.2) is 0 Å². The molecule has 1 saturated heterocycles. The summed E-state index contributed by atoms with van der Waals surface area (Å²) in [5.41, 5.74) is 1.91. The van der Waals surface area contributed by atoms with Crippen LogP contribution in [0.4, 0.5) is 16.2 Å². The number of rotatable bonds is 4. The number of likely N-dealkylation sites (tertiary alicyclic amines) is 1. The molecule has 1 unspecified atom stereocenters. The van der Waals surface area contributed by atoms with Crippen molar-refractivity contribution in [1.82, 2.24) is 14.9 Å². The van der Waals surface area contributed by atoms with Gasteiger partial charge >= 0.3 is 6.03 Å². The highest BCUT2D eigenvalue weighted by atomic mass is 16.2. The number of aromatic nitrogens is 2. The van der Waals surface area contributed by atoms with Gasteiger partial charge in [0.05, 0.1) is 6.04 Å². The molecule has 0 bridgehead atoms. The number of urea groups is 1. The maximum Gasteiger partial charge on any atom is 0.322 e. The van der Waals surface area contributed by atoms with Crippen LogP contribution in [0.25, 0.3) is 0 Å². The molecule has 1 aromatic heterocycles. The Kier molecular flexibility index (Phi) is 5.26. The number of nitrogens with zero attached hydrogens (tertiary/aromatic N) is 3. The average molecular weight is 341 g/mol. The van der Waals surface area contributed by atoms with Crippen LogP contribution in [0.1, 0.15) is 45.0 Å². The molecular formula is C19H27N5O. The van der Waals surface area contributed by atoms with E-state index >= 15 is 0 Å². The summed E-state index contributed by atoms with van der Waals surface area (Å²) in [4.78, 5) is 24.4. The first kappa shape index (κ1) is 17.3. The summed E-state index contributed by atoms with van der Waals surface area (Å²) in [5, 5.41) is 3.06. The second kappa shape index (κ2) is 7.59. The summed E-state index contributed by atoms with van der Waals surface area (Å²) >= 11 is 0. The highest BCUT2D eigenvalue weighted by Gasteiger charge is 2.29. The molecule has 1 aliphatic rings. The number of hydrogen-bond acceptors (Lipinski definition) is 3. The van der Waals surface area contributed by atoms with Gasteiger partial charge in [-0.25, -0.2) is 9.78 Å². The lowest BCUT2D eigenvalue weighted by atomic mass is 10.0. The Balaban J connectivity index is 1.74. The van der Waals surface area contributed by atoms with Gasteiger partial charge in [0.2, 0.25) is 0 Å². The number of amides is 2. The fourth-order valence-electron chi connectivity index (χ4n) is 3.22. The zero-order valence-corrected chi connectivity index (χ0v) is 15.2. The highest BCUT2D eigenvalue weighted by molar-refractivity contribution is 5.90. The number of nitrogens with one attached hydrogen (secondary N) is 2. The summed E-state index contributed by atoms with van der Waals surface area (Å²) < 4.78 is 0. The molecule has 3 rings (SSSR count). The van der Waals surface area contributed by atoms with Crippen LogP contribution < -0.4 is 10.2 Å². The maximum atomic E-state index is 12.8. The third-order valence-electron chi connectivity index (χ3n) is 4.88. The minimum Gasteiger partial charge on any atom is -0.372 e. The quantitative estimate of drug-likeness (QED) is 0.883. The first-order valence-electron chi connectivity index (χ1n) is 8.96. The van der Waals surface area contributed by atoms with E-state index in [0.29, 0.717) is 6.04 Å². The first-order chi connectivity index (χ1) is 12.1. The molecule has 0 aliphatic carbocycles. The molecule has 6 heteroatoms. The number of hydrogen-bond donors (Lipinski definition) is 2. The van der Waals surface area contributed by atoms with E-state index in [2.05, 4.69) is 47.1 Å². The number of piperidine rings is 1. The monoisotopic (exact) mass is 341 g/mol. The average Bonchev–Trinajstić information content (AvgIpc) is 3.15. The topological polar surface area (TPSA) is 64.3 Å². The molecule has 2 amide bonds. The standard InChI is InChI=1S/C19H27N5O/c1-14(2)23(3)16-8-6-7-15(13-16)22-19(25)24-12-5-4-9-17(24)18-20-10-11-21-18/h6-8,10-11,13-14,17H,4-5,9,12H2,1-3H3,(H,20,21)(H,22,25). The van der Waals surface area contributed by atoms with Crippen LogP contribution in [-0.4, -0.2) is 40.5 Å². The van der Waals surface area contributed by atoms with Gasteiger partial charge in [-0.05, 0) is 51.3 Å². The van der Waals surface area contributed by atoms with Crippen LogP contribution in [0, 0.1) is 0 Å². The minimum absolute atomic E-state index is 0.0188. The van der Waals surface area contributed by atoms with Gasteiger partial charge in [-0.2, -0.15) is 0 Å². The summed E-state index contributed by atoms with van der Waals surface area (Å²) in [5.74, 6) is 0.864. The van der Waals surface area contributed by atoms with Gasteiger partial charge in [-0.3, -0.25) is 0 Å².